The van der Waals surface area contributed by atoms with E-state index in [4.69, 9.17) is 27.9 Å². The molecule has 0 N–H and O–H groups in total. The molecule has 0 atom stereocenters. The molecule has 1 aromatic carbocycles. The van der Waals surface area contributed by atoms with Crippen molar-refractivity contribution in [2.75, 3.05) is 37.7 Å². The first-order valence-corrected chi connectivity index (χ1v) is 6.99. The van der Waals surface area contributed by atoms with Gasteiger partial charge in [0.15, 0.2) is 0 Å². The van der Waals surface area contributed by atoms with Crippen LogP contribution >= 0.6 is 23.2 Å². The van der Waals surface area contributed by atoms with Crippen LogP contribution in [0.1, 0.15) is 6.92 Å². The summed E-state index contributed by atoms with van der Waals surface area (Å²) in [5.74, 6) is 0. The molecule has 0 bridgehead atoms. The van der Waals surface area contributed by atoms with Gasteiger partial charge in [0.2, 0.25) is 0 Å². The Hall–Kier alpha value is -1.13. The van der Waals surface area contributed by atoms with Gasteiger partial charge in [-0.05, 0) is 25.1 Å². The van der Waals surface area contributed by atoms with Crippen LogP contribution in [0.15, 0.2) is 18.2 Å². The zero-order valence-electron chi connectivity index (χ0n) is 10.7. The predicted molar refractivity (Wildman–Crippen MR) is 77.3 cm³/mol. The van der Waals surface area contributed by atoms with E-state index in [1.807, 2.05) is 6.07 Å². The second-order valence-electron chi connectivity index (χ2n) is 4.27. The van der Waals surface area contributed by atoms with Crippen molar-refractivity contribution in [3.05, 3.63) is 28.2 Å². The summed E-state index contributed by atoms with van der Waals surface area (Å²) in [6.07, 6.45) is -0.251. The van der Waals surface area contributed by atoms with Gasteiger partial charge in [0.1, 0.15) is 0 Å². The molecule has 6 heteroatoms. The first-order valence-electron chi connectivity index (χ1n) is 6.23. The molecule has 19 heavy (non-hydrogen) atoms. The highest BCUT2D eigenvalue weighted by Gasteiger charge is 2.23. The number of benzene rings is 1. The van der Waals surface area contributed by atoms with Gasteiger partial charge in [-0.3, -0.25) is 0 Å². The molecule has 0 aromatic heterocycles. The Kier molecular flexibility index (Phi) is 4.77. The van der Waals surface area contributed by atoms with Crippen molar-refractivity contribution < 1.29 is 9.53 Å². The lowest BCUT2D eigenvalue weighted by Gasteiger charge is -2.35. The van der Waals surface area contributed by atoms with Crippen LogP contribution in [-0.2, 0) is 4.74 Å². The lowest BCUT2D eigenvalue weighted by molar-refractivity contribution is 0.105. The molecule has 0 saturated carbocycles. The molecular weight excluding hydrogens is 287 g/mol. The Morgan fingerprint density at radius 2 is 1.95 bits per heavy atom. The summed E-state index contributed by atoms with van der Waals surface area (Å²) in [7, 11) is 0. The van der Waals surface area contributed by atoms with E-state index in [-0.39, 0.29) is 6.09 Å². The summed E-state index contributed by atoms with van der Waals surface area (Å²) in [5, 5.41) is 1.33. The molecule has 0 unspecified atom stereocenters. The minimum absolute atomic E-state index is 0.251. The van der Waals surface area contributed by atoms with E-state index in [1.54, 1.807) is 24.0 Å². The SMILES string of the molecule is CCOC(=O)N1CCN(c2cc(Cl)ccc2Cl)CC1. The van der Waals surface area contributed by atoms with E-state index in [1.165, 1.54) is 0 Å². The molecule has 1 fully saturated rings. The molecule has 104 valence electrons. The molecule has 1 heterocycles. The minimum Gasteiger partial charge on any atom is -0.450 e. The Labute approximate surface area is 122 Å². The third-order valence-corrected chi connectivity index (χ3v) is 3.61. The van der Waals surface area contributed by atoms with Gasteiger partial charge in [-0.25, -0.2) is 4.79 Å². The van der Waals surface area contributed by atoms with E-state index in [0.717, 1.165) is 18.8 Å². The molecule has 1 aliphatic heterocycles. The van der Waals surface area contributed by atoms with Crippen molar-refractivity contribution in [1.29, 1.82) is 0 Å². The normalized spacial score (nSPS) is 15.5. The van der Waals surface area contributed by atoms with E-state index >= 15 is 0 Å². The zero-order valence-corrected chi connectivity index (χ0v) is 12.2. The molecule has 2 rings (SSSR count). The van der Waals surface area contributed by atoms with Crippen LogP contribution in [-0.4, -0.2) is 43.8 Å². The van der Waals surface area contributed by atoms with Crippen LogP contribution in [0.2, 0.25) is 10.0 Å². The second kappa shape index (κ2) is 6.35. The molecule has 0 radical (unpaired) electrons. The molecule has 1 amide bonds. The van der Waals surface area contributed by atoms with Crippen LogP contribution in [0.3, 0.4) is 0 Å². The zero-order chi connectivity index (χ0) is 13.8. The van der Waals surface area contributed by atoms with E-state index < -0.39 is 0 Å². The van der Waals surface area contributed by atoms with Gasteiger partial charge in [0.05, 0.1) is 17.3 Å². The average molecular weight is 303 g/mol. The summed E-state index contributed by atoms with van der Waals surface area (Å²) in [5.41, 5.74) is 0.915. The van der Waals surface area contributed by atoms with Crippen molar-refractivity contribution in [3.63, 3.8) is 0 Å². The lowest BCUT2D eigenvalue weighted by atomic mass is 10.2. The summed E-state index contributed by atoms with van der Waals surface area (Å²) in [4.78, 5) is 15.4. The summed E-state index contributed by atoms with van der Waals surface area (Å²) >= 11 is 12.2. The smallest absolute Gasteiger partial charge is 0.409 e. The van der Waals surface area contributed by atoms with Gasteiger partial charge < -0.3 is 14.5 Å². The van der Waals surface area contributed by atoms with Crippen LogP contribution in [0.5, 0.6) is 0 Å². The molecule has 1 saturated heterocycles. The Bertz CT molecular complexity index is 460. The molecule has 1 aliphatic rings. The molecule has 0 aliphatic carbocycles. The first-order chi connectivity index (χ1) is 9.11. The summed E-state index contributed by atoms with van der Waals surface area (Å²) < 4.78 is 4.99. The maximum atomic E-state index is 11.6. The predicted octanol–water partition coefficient (Wildman–Crippen LogP) is 3.27. The fraction of sp³-hybridized carbons (Fsp3) is 0.462. The van der Waals surface area contributed by atoms with Gasteiger partial charge in [-0.15, -0.1) is 0 Å². The standard InChI is InChI=1S/C13H16Cl2N2O2/c1-2-19-13(18)17-7-5-16(6-8-17)12-9-10(14)3-4-11(12)15/h3-4,9H,2,5-8H2,1H3. The number of halogens is 2. The van der Waals surface area contributed by atoms with Crippen LogP contribution in [0.4, 0.5) is 10.5 Å². The number of rotatable bonds is 2. The highest BCUT2D eigenvalue weighted by atomic mass is 35.5. The maximum Gasteiger partial charge on any atom is 0.409 e. The number of carbonyl (C=O) groups is 1. The van der Waals surface area contributed by atoms with Crippen molar-refractivity contribution in [2.45, 2.75) is 6.92 Å². The van der Waals surface area contributed by atoms with Crippen LogP contribution in [0.25, 0.3) is 0 Å². The van der Waals surface area contributed by atoms with Crippen LogP contribution in [0, 0.1) is 0 Å². The number of carbonyl (C=O) groups excluding carboxylic acids is 1. The monoisotopic (exact) mass is 302 g/mol. The maximum absolute atomic E-state index is 11.6. The van der Waals surface area contributed by atoms with Crippen molar-refractivity contribution in [2.24, 2.45) is 0 Å². The van der Waals surface area contributed by atoms with E-state index in [2.05, 4.69) is 4.90 Å². The summed E-state index contributed by atoms with van der Waals surface area (Å²) in [6.45, 7) is 4.90. The number of hydrogen-bond donors (Lipinski definition) is 0. The lowest BCUT2D eigenvalue weighted by Crippen LogP contribution is -2.49. The third kappa shape index (κ3) is 3.45. The Morgan fingerprint density at radius 1 is 1.26 bits per heavy atom. The molecule has 0 spiro atoms. The fourth-order valence-electron chi connectivity index (χ4n) is 2.07. The number of piperazine rings is 1. The van der Waals surface area contributed by atoms with Gasteiger partial charge >= 0.3 is 6.09 Å². The Balaban J connectivity index is 2.00. The van der Waals surface area contributed by atoms with E-state index in [9.17, 15) is 4.79 Å². The quantitative estimate of drug-likeness (QED) is 0.840. The topological polar surface area (TPSA) is 32.8 Å². The minimum atomic E-state index is -0.251. The highest BCUT2D eigenvalue weighted by Crippen LogP contribution is 2.29. The highest BCUT2D eigenvalue weighted by molar-refractivity contribution is 6.35. The number of ether oxygens (including phenoxy) is 1. The number of hydrogen-bond acceptors (Lipinski definition) is 3. The number of amides is 1. The van der Waals surface area contributed by atoms with Gasteiger partial charge in [-0.2, -0.15) is 0 Å². The van der Waals surface area contributed by atoms with Crippen molar-refractivity contribution in [3.8, 4) is 0 Å². The Morgan fingerprint density at radius 3 is 2.58 bits per heavy atom. The molecular formula is C13H16Cl2N2O2. The van der Waals surface area contributed by atoms with E-state index in [0.29, 0.717) is 29.7 Å². The molecule has 1 aromatic rings. The van der Waals surface area contributed by atoms with Gasteiger partial charge in [-0.1, -0.05) is 23.2 Å². The molecule has 4 nitrogen and oxygen atoms in total. The number of nitrogens with zero attached hydrogens (tertiary/aromatic N) is 2. The fourth-order valence-corrected chi connectivity index (χ4v) is 2.48. The average Bonchev–Trinajstić information content (AvgIpc) is 2.42. The summed E-state index contributed by atoms with van der Waals surface area (Å²) in [6, 6.07) is 5.41. The second-order valence-corrected chi connectivity index (χ2v) is 5.11. The van der Waals surface area contributed by atoms with Crippen molar-refractivity contribution >= 4 is 35.0 Å². The number of anilines is 1. The van der Waals surface area contributed by atoms with Gasteiger partial charge in [0, 0.05) is 31.2 Å². The van der Waals surface area contributed by atoms with Gasteiger partial charge in [0.25, 0.3) is 0 Å². The van der Waals surface area contributed by atoms with Crippen LogP contribution < -0.4 is 4.90 Å². The largest absolute Gasteiger partial charge is 0.450 e. The third-order valence-electron chi connectivity index (χ3n) is 3.05. The first kappa shape index (κ1) is 14.3. The van der Waals surface area contributed by atoms with Crippen molar-refractivity contribution in [1.82, 2.24) is 4.90 Å².